The normalized spacial score (nSPS) is 7.54. The lowest BCUT2D eigenvalue weighted by Gasteiger charge is -1.94. The molecular formula is C10H19FN2. The van der Waals surface area contributed by atoms with Gasteiger partial charge in [0.05, 0.1) is 6.20 Å². The maximum absolute atomic E-state index is 12.4. The lowest BCUT2D eigenvalue weighted by Crippen LogP contribution is -1.91. The van der Waals surface area contributed by atoms with Crippen LogP contribution < -0.4 is 5.73 Å². The van der Waals surface area contributed by atoms with Crippen molar-refractivity contribution < 1.29 is 4.39 Å². The minimum Gasteiger partial charge on any atom is -0.384 e. The maximum atomic E-state index is 12.4. The summed E-state index contributed by atoms with van der Waals surface area (Å²) in [5.74, 6) is 0.0399. The summed E-state index contributed by atoms with van der Waals surface area (Å²) in [5, 5.41) is 0. The van der Waals surface area contributed by atoms with Crippen molar-refractivity contribution in [1.82, 2.24) is 4.98 Å². The van der Waals surface area contributed by atoms with Crippen LogP contribution in [0.25, 0.3) is 0 Å². The fourth-order valence-corrected chi connectivity index (χ4v) is 0.561. The SMILES string of the molecule is CC.CC.Cc1cc(N)ncc1F. The molecule has 0 atom stereocenters. The van der Waals surface area contributed by atoms with Gasteiger partial charge in [-0.25, -0.2) is 9.37 Å². The van der Waals surface area contributed by atoms with E-state index in [4.69, 9.17) is 5.73 Å². The van der Waals surface area contributed by atoms with E-state index in [9.17, 15) is 4.39 Å². The third-order valence-electron chi connectivity index (χ3n) is 1.07. The van der Waals surface area contributed by atoms with Gasteiger partial charge in [0.15, 0.2) is 0 Å². The van der Waals surface area contributed by atoms with Gasteiger partial charge in [-0.15, -0.1) is 0 Å². The summed E-state index contributed by atoms with van der Waals surface area (Å²) in [6.07, 6.45) is 1.12. The van der Waals surface area contributed by atoms with Crippen molar-refractivity contribution in [2.45, 2.75) is 34.6 Å². The topological polar surface area (TPSA) is 38.9 Å². The smallest absolute Gasteiger partial charge is 0.144 e. The molecule has 3 heteroatoms. The molecule has 0 aliphatic heterocycles. The molecular weight excluding hydrogens is 167 g/mol. The number of nitrogen functional groups attached to an aromatic ring is 1. The van der Waals surface area contributed by atoms with Gasteiger partial charge in [-0.3, -0.25) is 0 Å². The second-order valence-corrected chi connectivity index (χ2v) is 1.86. The lowest BCUT2D eigenvalue weighted by molar-refractivity contribution is 0.612. The highest BCUT2D eigenvalue weighted by molar-refractivity contribution is 5.31. The van der Waals surface area contributed by atoms with Crippen molar-refractivity contribution in [2.75, 3.05) is 5.73 Å². The Balaban J connectivity index is 0. The zero-order chi connectivity index (χ0) is 10.9. The summed E-state index contributed by atoms with van der Waals surface area (Å²) < 4.78 is 12.4. The van der Waals surface area contributed by atoms with Crippen LogP contribution in [0.3, 0.4) is 0 Å². The van der Waals surface area contributed by atoms with Crippen molar-refractivity contribution >= 4 is 5.82 Å². The van der Waals surface area contributed by atoms with E-state index >= 15 is 0 Å². The average molecular weight is 186 g/mol. The van der Waals surface area contributed by atoms with E-state index in [1.54, 1.807) is 6.92 Å². The van der Waals surface area contributed by atoms with Crippen LogP contribution in [0.1, 0.15) is 33.3 Å². The van der Waals surface area contributed by atoms with Crippen LogP contribution in [0, 0.1) is 12.7 Å². The molecule has 0 aliphatic rings. The molecule has 0 aliphatic carbocycles. The molecule has 0 bridgehead atoms. The van der Waals surface area contributed by atoms with Crippen LogP contribution >= 0.6 is 0 Å². The second kappa shape index (κ2) is 8.97. The maximum Gasteiger partial charge on any atom is 0.144 e. The Morgan fingerprint density at radius 3 is 2.00 bits per heavy atom. The fraction of sp³-hybridized carbons (Fsp3) is 0.500. The molecule has 0 saturated carbocycles. The van der Waals surface area contributed by atoms with E-state index in [0.29, 0.717) is 11.4 Å². The summed E-state index contributed by atoms with van der Waals surface area (Å²) in [6.45, 7) is 9.65. The molecule has 1 aromatic rings. The Bertz CT molecular complexity index is 224. The number of nitrogens with zero attached hydrogens (tertiary/aromatic N) is 1. The highest BCUT2D eigenvalue weighted by atomic mass is 19.1. The van der Waals surface area contributed by atoms with Crippen LogP contribution in [0.5, 0.6) is 0 Å². The zero-order valence-corrected chi connectivity index (χ0v) is 9.06. The van der Waals surface area contributed by atoms with E-state index < -0.39 is 0 Å². The van der Waals surface area contributed by atoms with Gasteiger partial charge in [0.25, 0.3) is 0 Å². The number of anilines is 1. The van der Waals surface area contributed by atoms with Crippen LogP contribution in [0.4, 0.5) is 10.2 Å². The molecule has 0 spiro atoms. The Hall–Kier alpha value is -1.12. The van der Waals surface area contributed by atoms with Gasteiger partial charge in [-0.2, -0.15) is 0 Å². The minimum absolute atomic E-state index is 0.316. The highest BCUT2D eigenvalue weighted by Crippen LogP contribution is 2.05. The lowest BCUT2D eigenvalue weighted by atomic mass is 10.3. The van der Waals surface area contributed by atoms with Crippen molar-refractivity contribution in [2.24, 2.45) is 0 Å². The van der Waals surface area contributed by atoms with Crippen molar-refractivity contribution in [3.05, 3.63) is 23.6 Å². The number of pyridine rings is 1. The number of nitrogens with two attached hydrogens (primary N) is 1. The number of hydrogen-bond donors (Lipinski definition) is 1. The molecule has 2 nitrogen and oxygen atoms in total. The molecule has 0 unspecified atom stereocenters. The Morgan fingerprint density at radius 2 is 1.69 bits per heavy atom. The Kier molecular flexibility index (Phi) is 9.94. The number of halogens is 1. The van der Waals surface area contributed by atoms with Gasteiger partial charge in [0.2, 0.25) is 0 Å². The summed E-state index contributed by atoms with van der Waals surface area (Å²) in [4.78, 5) is 3.54. The molecule has 0 amide bonds. The Morgan fingerprint density at radius 1 is 1.23 bits per heavy atom. The van der Waals surface area contributed by atoms with E-state index in [2.05, 4.69) is 4.98 Å². The van der Waals surface area contributed by atoms with E-state index in [0.717, 1.165) is 6.20 Å². The second-order valence-electron chi connectivity index (χ2n) is 1.86. The number of rotatable bonds is 0. The zero-order valence-electron chi connectivity index (χ0n) is 9.06. The average Bonchev–Trinajstić information content (AvgIpc) is 2.18. The summed E-state index contributed by atoms with van der Waals surface area (Å²) >= 11 is 0. The first-order chi connectivity index (χ1) is 6.20. The molecule has 0 radical (unpaired) electrons. The van der Waals surface area contributed by atoms with Crippen LogP contribution in [0.2, 0.25) is 0 Å². The van der Waals surface area contributed by atoms with Gasteiger partial charge in [-0.05, 0) is 18.6 Å². The summed E-state index contributed by atoms with van der Waals surface area (Å²) in [7, 11) is 0. The first kappa shape index (κ1) is 14.4. The van der Waals surface area contributed by atoms with E-state index in [-0.39, 0.29) is 5.82 Å². The van der Waals surface area contributed by atoms with Crippen molar-refractivity contribution in [1.29, 1.82) is 0 Å². The van der Waals surface area contributed by atoms with Crippen LogP contribution in [0.15, 0.2) is 12.3 Å². The molecule has 1 heterocycles. The van der Waals surface area contributed by atoms with Gasteiger partial charge in [-0.1, -0.05) is 27.7 Å². The molecule has 1 aromatic heterocycles. The quantitative estimate of drug-likeness (QED) is 0.676. The first-order valence-electron chi connectivity index (χ1n) is 4.58. The van der Waals surface area contributed by atoms with Gasteiger partial charge in [0, 0.05) is 0 Å². The van der Waals surface area contributed by atoms with Crippen molar-refractivity contribution in [3.63, 3.8) is 0 Å². The van der Waals surface area contributed by atoms with Crippen LogP contribution in [-0.2, 0) is 0 Å². The van der Waals surface area contributed by atoms with Crippen LogP contribution in [-0.4, -0.2) is 4.98 Å². The van der Waals surface area contributed by atoms with Crippen molar-refractivity contribution in [3.8, 4) is 0 Å². The monoisotopic (exact) mass is 186 g/mol. The molecule has 0 aromatic carbocycles. The molecule has 0 saturated heterocycles. The molecule has 13 heavy (non-hydrogen) atoms. The highest BCUT2D eigenvalue weighted by Gasteiger charge is 1.94. The van der Waals surface area contributed by atoms with E-state index in [1.165, 1.54) is 6.07 Å². The van der Waals surface area contributed by atoms with Gasteiger partial charge < -0.3 is 5.73 Å². The predicted octanol–water partition coefficient (Wildman–Crippen LogP) is 3.16. The minimum atomic E-state index is -0.316. The molecule has 0 fully saturated rings. The molecule has 1 rings (SSSR count). The van der Waals surface area contributed by atoms with Gasteiger partial charge >= 0.3 is 0 Å². The third kappa shape index (κ3) is 6.08. The third-order valence-corrected chi connectivity index (χ3v) is 1.07. The number of aryl methyl sites for hydroxylation is 1. The Labute approximate surface area is 80.0 Å². The first-order valence-corrected chi connectivity index (χ1v) is 4.58. The summed E-state index contributed by atoms with van der Waals surface area (Å²) in [6, 6.07) is 1.50. The fourth-order valence-electron chi connectivity index (χ4n) is 0.561. The number of aromatic nitrogens is 1. The number of hydrogen-bond acceptors (Lipinski definition) is 2. The summed E-state index contributed by atoms with van der Waals surface area (Å²) in [5.41, 5.74) is 5.78. The largest absolute Gasteiger partial charge is 0.384 e. The molecule has 2 N–H and O–H groups in total. The molecule has 76 valence electrons. The standard InChI is InChI=1S/C6H7FN2.2C2H6/c1-4-2-6(8)9-3-5(4)7;2*1-2/h2-3H,1H3,(H2,8,9);2*1-2H3. The van der Waals surface area contributed by atoms with Gasteiger partial charge in [0.1, 0.15) is 11.6 Å². The van der Waals surface area contributed by atoms with E-state index in [1.807, 2.05) is 27.7 Å². The predicted molar refractivity (Wildman–Crippen MR) is 56.0 cm³/mol.